The molecule has 5 heteroatoms. The minimum atomic E-state index is -0.221. The Labute approximate surface area is 108 Å². The second-order valence-corrected chi connectivity index (χ2v) is 4.96. The zero-order valence-corrected chi connectivity index (χ0v) is 11.0. The Morgan fingerprint density at radius 3 is 2.71 bits per heavy atom. The number of rotatable bonds is 3. The Morgan fingerprint density at radius 1 is 1.47 bits per heavy atom. The van der Waals surface area contributed by atoms with Crippen LogP contribution in [0.2, 0.25) is 0 Å². The van der Waals surface area contributed by atoms with E-state index in [0.29, 0.717) is 6.42 Å². The Bertz CT molecular complexity index is 444. The highest BCUT2D eigenvalue weighted by Gasteiger charge is 2.32. The summed E-state index contributed by atoms with van der Waals surface area (Å²) in [5.41, 5.74) is 0.814. The highest BCUT2D eigenvalue weighted by Crippen LogP contribution is 2.23. The van der Waals surface area contributed by atoms with Gasteiger partial charge in [0, 0.05) is 16.6 Å². The van der Waals surface area contributed by atoms with Gasteiger partial charge in [0.15, 0.2) is 0 Å². The fraction of sp³-hybridized carbons (Fsp3) is 0.333. The molecular weight excluding hydrogens is 284 g/mol. The van der Waals surface area contributed by atoms with Crippen LogP contribution in [-0.4, -0.2) is 24.4 Å². The molecule has 0 aliphatic carbocycles. The van der Waals surface area contributed by atoms with Crippen LogP contribution in [0.4, 0.5) is 5.69 Å². The Hall–Kier alpha value is -1.20. The molecule has 1 aliphatic rings. The lowest BCUT2D eigenvalue weighted by Crippen LogP contribution is -2.38. The zero-order chi connectivity index (χ0) is 12.4. The summed E-state index contributed by atoms with van der Waals surface area (Å²) in [6, 6.07) is 7.49. The molecule has 0 aromatic heterocycles. The number of halogens is 1. The lowest BCUT2D eigenvalue weighted by Gasteiger charge is -2.23. The largest absolute Gasteiger partial charge is 0.300 e. The van der Waals surface area contributed by atoms with Crippen molar-refractivity contribution < 1.29 is 9.59 Å². The summed E-state index contributed by atoms with van der Waals surface area (Å²) in [4.78, 5) is 24.6. The van der Waals surface area contributed by atoms with Crippen molar-refractivity contribution in [3.05, 3.63) is 28.7 Å². The van der Waals surface area contributed by atoms with E-state index in [1.54, 1.807) is 4.90 Å². The van der Waals surface area contributed by atoms with Gasteiger partial charge in [0.2, 0.25) is 5.91 Å². The number of nitrogens with zero attached hydrogens (tertiary/aromatic N) is 1. The molecule has 0 spiro atoms. The first-order valence-electron chi connectivity index (χ1n) is 5.38. The smallest absolute Gasteiger partial charge is 0.242 e. The van der Waals surface area contributed by atoms with Crippen molar-refractivity contribution in [3.8, 4) is 0 Å². The zero-order valence-electron chi connectivity index (χ0n) is 9.44. The number of Topliss-reactive ketones (excluding diaryl/α,β-unsaturated/α-hetero) is 1. The molecule has 17 heavy (non-hydrogen) atoms. The molecule has 0 radical (unpaired) electrons. The normalized spacial score (nSPS) is 19.8. The number of carbonyl (C=O) groups excluding carboxylic acids is 2. The second-order valence-electron chi connectivity index (χ2n) is 4.04. The summed E-state index contributed by atoms with van der Waals surface area (Å²) in [5.74, 6) is 0.0675. The summed E-state index contributed by atoms with van der Waals surface area (Å²) >= 11 is 3.35. The maximum Gasteiger partial charge on any atom is 0.242 e. The quantitative estimate of drug-likeness (QED) is 0.923. The molecule has 4 nitrogen and oxygen atoms in total. The van der Waals surface area contributed by atoms with Crippen molar-refractivity contribution >= 4 is 33.3 Å². The lowest BCUT2D eigenvalue weighted by atomic mass is 10.2. The monoisotopic (exact) mass is 296 g/mol. The highest BCUT2D eigenvalue weighted by atomic mass is 79.9. The van der Waals surface area contributed by atoms with E-state index < -0.39 is 0 Å². The maximum absolute atomic E-state index is 11.8. The van der Waals surface area contributed by atoms with Crippen LogP contribution in [0.15, 0.2) is 28.7 Å². The van der Waals surface area contributed by atoms with Crippen molar-refractivity contribution in [1.82, 2.24) is 5.32 Å². The van der Waals surface area contributed by atoms with Crippen molar-refractivity contribution in [2.24, 2.45) is 0 Å². The van der Waals surface area contributed by atoms with Crippen LogP contribution in [0.3, 0.4) is 0 Å². The first kappa shape index (κ1) is 12.3. The third-order valence-electron chi connectivity index (χ3n) is 2.65. The van der Waals surface area contributed by atoms with Gasteiger partial charge in [-0.3, -0.25) is 19.8 Å². The summed E-state index contributed by atoms with van der Waals surface area (Å²) in [6.07, 6.45) is 0.114. The van der Waals surface area contributed by atoms with E-state index in [1.165, 1.54) is 6.92 Å². The maximum atomic E-state index is 11.8. The lowest BCUT2D eigenvalue weighted by molar-refractivity contribution is -0.117. The van der Waals surface area contributed by atoms with Crippen LogP contribution in [0.25, 0.3) is 0 Å². The predicted molar refractivity (Wildman–Crippen MR) is 68.7 cm³/mol. The van der Waals surface area contributed by atoms with Crippen LogP contribution in [0.5, 0.6) is 0 Å². The number of anilines is 1. The fourth-order valence-electron chi connectivity index (χ4n) is 1.92. The van der Waals surface area contributed by atoms with Crippen LogP contribution in [0.1, 0.15) is 13.3 Å². The topological polar surface area (TPSA) is 49.4 Å². The van der Waals surface area contributed by atoms with Crippen LogP contribution in [0, 0.1) is 0 Å². The Morgan fingerprint density at radius 2 is 2.12 bits per heavy atom. The molecule has 1 aromatic rings. The number of amides is 1. The Kier molecular flexibility index (Phi) is 3.59. The van der Waals surface area contributed by atoms with Gasteiger partial charge in [0.05, 0.1) is 12.7 Å². The summed E-state index contributed by atoms with van der Waals surface area (Å²) in [5, 5.41) is 3.04. The summed E-state index contributed by atoms with van der Waals surface area (Å²) in [7, 11) is 0. The number of nitrogens with one attached hydrogen (secondary N) is 1. The summed E-state index contributed by atoms with van der Waals surface area (Å²) in [6.45, 7) is 1.82. The number of hydrogen-bond donors (Lipinski definition) is 1. The van der Waals surface area contributed by atoms with E-state index in [-0.39, 0.29) is 24.4 Å². The highest BCUT2D eigenvalue weighted by molar-refractivity contribution is 9.10. The van der Waals surface area contributed by atoms with Crippen LogP contribution < -0.4 is 10.2 Å². The summed E-state index contributed by atoms with van der Waals surface area (Å²) < 4.78 is 0.962. The standard InChI is InChI=1S/C12H13BrN2O2/c1-8(16)6-11-14-7-12(17)15(11)10-4-2-9(13)3-5-10/h2-5,11,14H,6-7H2,1H3. The molecule has 1 aromatic carbocycles. The predicted octanol–water partition coefficient (Wildman–Crippen LogP) is 1.69. The molecule has 2 rings (SSSR count). The van der Waals surface area contributed by atoms with E-state index in [0.717, 1.165) is 10.2 Å². The van der Waals surface area contributed by atoms with Gasteiger partial charge < -0.3 is 0 Å². The van der Waals surface area contributed by atoms with Crippen molar-refractivity contribution in [2.45, 2.75) is 19.5 Å². The number of carbonyl (C=O) groups is 2. The molecule has 1 N–H and O–H groups in total. The average molecular weight is 297 g/mol. The third kappa shape index (κ3) is 2.73. The molecule has 1 saturated heterocycles. The molecule has 1 heterocycles. The molecule has 1 atom stereocenters. The first-order valence-corrected chi connectivity index (χ1v) is 6.17. The van der Waals surface area contributed by atoms with Crippen LogP contribution >= 0.6 is 15.9 Å². The third-order valence-corrected chi connectivity index (χ3v) is 3.18. The van der Waals surface area contributed by atoms with Crippen LogP contribution in [-0.2, 0) is 9.59 Å². The number of benzene rings is 1. The van der Waals surface area contributed by atoms with Gasteiger partial charge in [-0.25, -0.2) is 0 Å². The van der Waals surface area contributed by atoms with Crippen molar-refractivity contribution in [2.75, 3.05) is 11.4 Å². The van der Waals surface area contributed by atoms with E-state index in [2.05, 4.69) is 21.2 Å². The molecule has 1 amide bonds. The molecule has 1 fully saturated rings. The number of ketones is 1. The SMILES string of the molecule is CC(=O)CC1NCC(=O)N1c1ccc(Br)cc1. The van der Waals surface area contributed by atoms with E-state index in [1.807, 2.05) is 24.3 Å². The van der Waals surface area contributed by atoms with Gasteiger partial charge in [0.25, 0.3) is 0 Å². The van der Waals surface area contributed by atoms with Gasteiger partial charge in [-0.2, -0.15) is 0 Å². The van der Waals surface area contributed by atoms with Gasteiger partial charge in [-0.05, 0) is 31.2 Å². The van der Waals surface area contributed by atoms with E-state index in [4.69, 9.17) is 0 Å². The van der Waals surface area contributed by atoms with Crippen molar-refractivity contribution in [1.29, 1.82) is 0 Å². The van der Waals surface area contributed by atoms with Gasteiger partial charge in [0.1, 0.15) is 5.78 Å². The molecule has 90 valence electrons. The minimum absolute atomic E-state index is 0.00132. The van der Waals surface area contributed by atoms with Gasteiger partial charge in [-0.15, -0.1) is 0 Å². The fourth-order valence-corrected chi connectivity index (χ4v) is 2.18. The number of hydrogen-bond acceptors (Lipinski definition) is 3. The van der Waals surface area contributed by atoms with E-state index >= 15 is 0 Å². The molecule has 1 aliphatic heterocycles. The Balaban J connectivity index is 2.24. The molecule has 0 saturated carbocycles. The van der Waals surface area contributed by atoms with Crippen molar-refractivity contribution in [3.63, 3.8) is 0 Å². The average Bonchev–Trinajstić information content (AvgIpc) is 2.61. The molecule has 0 bridgehead atoms. The first-order chi connectivity index (χ1) is 8.08. The van der Waals surface area contributed by atoms with Gasteiger partial charge in [-0.1, -0.05) is 15.9 Å². The van der Waals surface area contributed by atoms with Gasteiger partial charge >= 0.3 is 0 Å². The second kappa shape index (κ2) is 4.98. The molecular formula is C12H13BrN2O2. The van der Waals surface area contributed by atoms with E-state index in [9.17, 15) is 9.59 Å². The minimum Gasteiger partial charge on any atom is -0.300 e. The molecule has 1 unspecified atom stereocenters.